The van der Waals surface area contributed by atoms with Crippen molar-refractivity contribution in [3.63, 3.8) is 0 Å². The van der Waals surface area contributed by atoms with Crippen molar-refractivity contribution in [1.29, 1.82) is 0 Å². The number of alkyl halides is 3. The van der Waals surface area contributed by atoms with Gasteiger partial charge in [-0.25, -0.2) is 4.79 Å². The van der Waals surface area contributed by atoms with Gasteiger partial charge in [0.2, 0.25) is 5.54 Å². The van der Waals surface area contributed by atoms with E-state index >= 15 is 0 Å². The van der Waals surface area contributed by atoms with Crippen molar-refractivity contribution in [2.75, 3.05) is 0 Å². The van der Waals surface area contributed by atoms with Crippen LogP contribution in [0.1, 0.15) is 16.6 Å². The third-order valence-corrected chi connectivity index (χ3v) is 3.52. The lowest BCUT2D eigenvalue weighted by atomic mass is 10.0. The highest BCUT2D eigenvalue weighted by atomic mass is 35.5. The van der Waals surface area contributed by atoms with Gasteiger partial charge in [-0.05, 0) is 18.4 Å². The Labute approximate surface area is 108 Å². The van der Waals surface area contributed by atoms with Gasteiger partial charge < -0.3 is 10.4 Å². The Kier molecular flexibility index (Phi) is 3.92. The predicted molar refractivity (Wildman–Crippen MR) is 58.9 cm³/mol. The van der Waals surface area contributed by atoms with Crippen LogP contribution in [0, 0.1) is 0 Å². The molecule has 2 N–H and O–H groups in total. The van der Waals surface area contributed by atoms with Crippen molar-refractivity contribution < 1.29 is 27.9 Å². The lowest BCUT2D eigenvalue weighted by Crippen LogP contribution is -2.61. The monoisotopic (exact) mass is 301 g/mol. The van der Waals surface area contributed by atoms with Crippen molar-refractivity contribution in [1.82, 2.24) is 5.32 Å². The molecule has 0 saturated heterocycles. The SMILES string of the molecule is CC(NC(=O)c1sccc1Cl)(C(=O)O)C(F)(F)F. The number of carboxylic acid groups (broad SMARTS) is 1. The minimum Gasteiger partial charge on any atom is -0.479 e. The van der Waals surface area contributed by atoms with E-state index in [4.69, 9.17) is 16.7 Å². The van der Waals surface area contributed by atoms with E-state index in [2.05, 4.69) is 0 Å². The van der Waals surface area contributed by atoms with E-state index in [0.29, 0.717) is 6.92 Å². The Hall–Kier alpha value is -1.28. The summed E-state index contributed by atoms with van der Waals surface area (Å²) in [6, 6.07) is 1.33. The van der Waals surface area contributed by atoms with Crippen molar-refractivity contribution in [2.45, 2.75) is 18.6 Å². The van der Waals surface area contributed by atoms with Crippen molar-refractivity contribution in [3.8, 4) is 0 Å². The predicted octanol–water partition coefficient (Wildman–Crippen LogP) is 2.54. The number of carbonyl (C=O) groups excluding carboxylic acids is 1. The highest BCUT2D eigenvalue weighted by molar-refractivity contribution is 7.12. The second-order valence-corrected chi connectivity index (χ2v) is 4.80. The van der Waals surface area contributed by atoms with Gasteiger partial charge in [-0.1, -0.05) is 11.6 Å². The number of hydrogen-bond acceptors (Lipinski definition) is 3. The van der Waals surface area contributed by atoms with Crippen LogP contribution in [0.5, 0.6) is 0 Å². The summed E-state index contributed by atoms with van der Waals surface area (Å²) in [7, 11) is 0. The second-order valence-electron chi connectivity index (χ2n) is 3.48. The molecule has 1 amide bonds. The molecule has 100 valence electrons. The van der Waals surface area contributed by atoms with Gasteiger partial charge in [0.25, 0.3) is 5.91 Å². The molecule has 1 aromatic heterocycles. The third-order valence-electron chi connectivity index (χ3n) is 2.18. The van der Waals surface area contributed by atoms with Gasteiger partial charge in [0.05, 0.1) is 5.02 Å². The standard InChI is InChI=1S/C9H7ClF3NO3S/c1-8(7(16)17,9(11,12)13)14-6(15)5-4(10)2-3-18-5/h2-3H,1H3,(H,14,15)(H,16,17). The molecule has 1 unspecified atom stereocenters. The Balaban J connectivity index is 3.04. The first kappa shape index (κ1) is 14.8. The Bertz CT molecular complexity index is 488. The van der Waals surface area contributed by atoms with Gasteiger partial charge in [-0.15, -0.1) is 11.3 Å². The van der Waals surface area contributed by atoms with Crippen LogP contribution in [0.3, 0.4) is 0 Å². The molecule has 1 rings (SSSR count). The Morgan fingerprint density at radius 3 is 2.33 bits per heavy atom. The maximum Gasteiger partial charge on any atom is 0.422 e. The zero-order valence-corrected chi connectivity index (χ0v) is 10.4. The minimum absolute atomic E-state index is 0.0348. The fraction of sp³-hybridized carbons (Fsp3) is 0.333. The van der Waals surface area contributed by atoms with E-state index in [9.17, 15) is 22.8 Å². The van der Waals surface area contributed by atoms with Crippen LogP contribution in [-0.4, -0.2) is 28.7 Å². The van der Waals surface area contributed by atoms with Gasteiger partial charge in [0.1, 0.15) is 4.88 Å². The lowest BCUT2D eigenvalue weighted by molar-refractivity contribution is -0.203. The Morgan fingerprint density at radius 1 is 1.44 bits per heavy atom. The number of hydrogen-bond donors (Lipinski definition) is 2. The maximum absolute atomic E-state index is 12.6. The summed E-state index contributed by atoms with van der Waals surface area (Å²) in [6.07, 6.45) is -5.13. The van der Waals surface area contributed by atoms with Crippen LogP contribution in [-0.2, 0) is 4.79 Å². The number of carboxylic acids is 1. The molecular weight excluding hydrogens is 295 g/mol. The summed E-state index contributed by atoms with van der Waals surface area (Å²) < 4.78 is 37.9. The molecule has 0 aliphatic carbocycles. The maximum atomic E-state index is 12.6. The number of halogens is 4. The van der Waals surface area contributed by atoms with E-state index in [-0.39, 0.29) is 9.90 Å². The molecule has 1 aromatic rings. The first-order valence-electron chi connectivity index (χ1n) is 4.45. The van der Waals surface area contributed by atoms with E-state index < -0.39 is 23.6 Å². The van der Waals surface area contributed by atoms with Crippen molar-refractivity contribution in [2.24, 2.45) is 0 Å². The fourth-order valence-electron chi connectivity index (χ4n) is 0.985. The van der Waals surface area contributed by atoms with Crippen LogP contribution >= 0.6 is 22.9 Å². The van der Waals surface area contributed by atoms with Gasteiger partial charge >= 0.3 is 12.1 Å². The molecular formula is C9H7ClF3NO3S. The summed E-state index contributed by atoms with van der Waals surface area (Å²) in [4.78, 5) is 22.1. The number of rotatable bonds is 3. The van der Waals surface area contributed by atoms with Crippen LogP contribution in [0.2, 0.25) is 5.02 Å². The molecule has 0 bridgehead atoms. The molecule has 0 saturated carbocycles. The fourth-order valence-corrected chi connectivity index (χ4v) is 2.02. The summed E-state index contributed by atoms with van der Waals surface area (Å²) >= 11 is 6.39. The summed E-state index contributed by atoms with van der Waals surface area (Å²) in [5, 5.41) is 11.4. The molecule has 0 radical (unpaired) electrons. The normalized spacial score (nSPS) is 14.9. The van der Waals surface area contributed by atoms with Crippen molar-refractivity contribution >= 4 is 34.8 Å². The summed E-state index contributed by atoms with van der Waals surface area (Å²) in [6.45, 7) is 0.370. The molecule has 1 heterocycles. The third kappa shape index (κ3) is 2.59. The van der Waals surface area contributed by atoms with E-state index in [0.717, 1.165) is 11.3 Å². The number of aliphatic carboxylic acids is 1. The summed E-state index contributed by atoms with van der Waals surface area (Å²) in [5.74, 6) is -3.38. The van der Waals surface area contributed by atoms with Gasteiger partial charge in [-0.2, -0.15) is 13.2 Å². The smallest absolute Gasteiger partial charge is 0.422 e. The number of thiophene rings is 1. The molecule has 0 fully saturated rings. The molecule has 1 atom stereocenters. The van der Waals surface area contributed by atoms with Crippen LogP contribution in [0.15, 0.2) is 11.4 Å². The average molecular weight is 302 g/mol. The van der Waals surface area contributed by atoms with E-state index in [1.54, 1.807) is 0 Å². The number of nitrogens with one attached hydrogen (secondary N) is 1. The van der Waals surface area contributed by atoms with Crippen molar-refractivity contribution in [3.05, 3.63) is 21.3 Å². The second kappa shape index (κ2) is 4.77. The van der Waals surface area contributed by atoms with Gasteiger partial charge in [0, 0.05) is 0 Å². The topological polar surface area (TPSA) is 66.4 Å². The number of amides is 1. The Morgan fingerprint density at radius 2 is 2.00 bits per heavy atom. The van der Waals surface area contributed by atoms with Gasteiger partial charge in [-0.3, -0.25) is 4.79 Å². The van der Waals surface area contributed by atoms with Crippen LogP contribution in [0.4, 0.5) is 13.2 Å². The average Bonchev–Trinajstić information content (AvgIpc) is 2.62. The first-order chi connectivity index (χ1) is 8.09. The highest BCUT2D eigenvalue weighted by Crippen LogP contribution is 2.31. The van der Waals surface area contributed by atoms with Crippen LogP contribution in [0.25, 0.3) is 0 Å². The first-order valence-corrected chi connectivity index (χ1v) is 5.71. The quantitative estimate of drug-likeness (QED) is 0.901. The molecule has 0 spiro atoms. The highest BCUT2D eigenvalue weighted by Gasteiger charge is 2.58. The summed E-state index contributed by atoms with van der Waals surface area (Å²) in [5.41, 5.74) is -3.36. The van der Waals surface area contributed by atoms with Gasteiger partial charge in [0.15, 0.2) is 0 Å². The van der Waals surface area contributed by atoms with Crippen LogP contribution < -0.4 is 5.32 Å². The van der Waals surface area contributed by atoms with E-state index in [1.165, 1.54) is 16.8 Å². The minimum atomic E-state index is -5.13. The zero-order valence-electron chi connectivity index (χ0n) is 8.84. The van der Waals surface area contributed by atoms with E-state index in [1.807, 2.05) is 0 Å². The molecule has 0 aliphatic rings. The molecule has 0 aliphatic heterocycles. The number of carbonyl (C=O) groups is 2. The molecule has 9 heteroatoms. The largest absolute Gasteiger partial charge is 0.479 e. The molecule has 18 heavy (non-hydrogen) atoms. The zero-order chi connectivity index (χ0) is 14.1. The molecule has 4 nitrogen and oxygen atoms in total. The molecule has 0 aromatic carbocycles. The lowest BCUT2D eigenvalue weighted by Gasteiger charge is -2.28.